The second kappa shape index (κ2) is 8.10. The molecule has 0 fully saturated rings. The number of methoxy groups -OCH3 is 1. The van der Waals surface area contributed by atoms with E-state index in [2.05, 4.69) is 10.1 Å². The number of esters is 1. The summed E-state index contributed by atoms with van der Waals surface area (Å²) >= 11 is 0. The van der Waals surface area contributed by atoms with Gasteiger partial charge in [0.25, 0.3) is 0 Å². The first kappa shape index (κ1) is 18.2. The molecule has 1 N–H and O–H groups in total. The van der Waals surface area contributed by atoms with E-state index in [0.717, 1.165) is 6.07 Å². The third-order valence-electron chi connectivity index (χ3n) is 3.39. The van der Waals surface area contributed by atoms with Crippen LogP contribution in [0.5, 0.6) is 0 Å². The van der Waals surface area contributed by atoms with Gasteiger partial charge in [-0.05, 0) is 41.5 Å². The van der Waals surface area contributed by atoms with Crippen molar-refractivity contribution in [2.75, 3.05) is 12.4 Å². The topological polar surface area (TPSA) is 110 Å². The molecule has 0 unspecified atom stereocenters. The maximum atomic E-state index is 13.8. The van der Waals surface area contributed by atoms with Crippen molar-refractivity contribution in [1.82, 2.24) is 0 Å². The summed E-state index contributed by atoms with van der Waals surface area (Å²) in [5.41, 5.74) is 1.17. The minimum atomic E-state index is -0.645. The summed E-state index contributed by atoms with van der Waals surface area (Å²) in [4.78, 5) is 11.6. The van der Waals surface area contributed by atoms with E-state index in [1.54, 1.807) is 42.5 Å². The molecule has 0 aromatic heterocycles. The van der Waals surface area contributed by atoms with Crippen LogP contribution < -0.4 is 5.32 Å². The molecule has 2 rings (SSSR count). The lowest BCUT2D eigenvalue weighted by Crippen LogP contribution is -2.02. The van der Waals surface area contributed by atoms with Gasteiger partial charge in [0.15, 0.2) is 5.57 Å². The van der Waals surface area contributed by atoms with Gasteiger partial charge in [-0.25, -0.2) is 9.18 Å². The van der Waals surface area contributed by atoms with Crippen LogP contribution in [0, 0.1) is 39.8 Å². The molecule has 126 valence electrons. The first-order valence-corrected chi connectivity index (χ1v) is 7.23. The standard InChI is InChI=1S/C19H11FN4O2/c1-26-19(25)14-6-13(7-16(20)8-14)12-2-4-17(5-3-12)24-18(11-23)15(9-21)10-22/h2-8,24H,1H3. The smallest absolute Gasteiger partial charge is 0.337 e. The maximum Gasteiger partial charge on any atom is 0.337 e. The van der Waals surface area contributed by atoms with Crippen molar-refractivity contribution in [2.24, 2.45) is 0 Å². The van der Waals surface area contributed by atoms with Crippen molar-refractivity contribution in [3.8, 4) is 29.3 Å². The molecular weight excluding hydrogens is 335 g/mol. The van der Waals surface area contributed by atoms with E-state index in [1.807, 2.05) is 0 Å². The fourth-order valence-electron chi connectivity index (χ4n) is 2.17. The zero-order valence-corrected chi connectivity index (χ0v) is 13.6. The highest BCUT2D eigenvalue weighted by molar-refractivity contribution is 5.91. The molecule has 0 atom stereocenters. The number of nitrogens with one attached hydrogen (secondary N) is 1. The Hall–Kier alpha value is -4.15. The Bertz CT molecular complexity index is 990. The fraction of sp³-hybridized carbons (Fsp3) is 0.0526. The summed E-state index contributed by atoms with van der Waals surface area (Å²) in [5.74, 6) is -1.22. The number of allylic oxidation sites excluding steroid dienone is 2. The van der Waals surface area contributed by atoms with Gasteiger partial charge in [-0.3, -0.25) is 0 Å². The van der Waals surface area contributed by atoms with Crippen molar-refractivity contribution in [3.63, 3.8) is 0 Å². The average Bonchev–Trinajstić information content (AvgIpc) is 2.67. The van der Waals surface area contributed by atoms with Crippen molar-refractivity contribution < 1.29 is 13.9 Å². The van der Waals surface area contributed by atoms with Crippen molar-refractivity contribution in [2.45, 2.75) is 0 Å². The summed E-state index contributed by atoms with van der Waals surface area (Å²) in [6.45, 7) is 0. The van der Waals surface area contributed by atoms with Crippen LogP contribution in [0.4, 0.5) is 10.1 Å². The molecule has 0 saturated heterocycles. The highest BCUT2D eigenvalue weighted by atomic mass is 19.1. The number of carbonyl (C=O) groups is 1. The van der Waals surface area contributed by atoms with Crippen LogP contribution in [-0.2, 0) is 4.74 Å². The van der Waals surface area contributed by atoms with Crippen LogP contribution >= 0.6 is 0 Å². The number of nitriles is 3. The van der Waals surface area contributed by atoms with Gasteiger partial charge in [0.05, 0.1) is 12.7 Å². The lowest BCUT2D eigenvalue weighted by molar-refractivity contribution is 0.0600. The van der Waals surface area contributed by atoms with E-state index in [0.29, 0.717) is 16.8 Å². The van der Waals surface area contributed by atoms with Gasteiger partial charge in [0.1, 0.15) is 29.7 Å². The summed E-state index contributed by atoms with van der Waals surface area (Å²) in [7, 11) is 1.21. The molecule has 0 spiro atoms. The Morgan fingerprint density at radius 1 is 1.00 bits per heavy atom. The fourth-order valence-corrected chi connectivity index (χ4v) is 2.17. The van der Waals surface area contributed by atoms with Crippen LogP contribution in [0.1, 0.15) is 10.4 Å². The SMILES string of the molecule is COC(=O)c1cc(F)cc(-c2ccc(NC(C#N)=C(C#N)C#N)cc2)c1. The van der Waals surface area contributed by atoms with Crippen LogP contribution in [0.2, 0.25) is 0 Å². The zero-order valence-electron chi connectivity index (χ0n) is 13.6. The number of anilines is 1. The monoisotopic (exact) mass is 346 g/mol. The molecule has 0 aliphatic rings. The van der Waals surface area contributed by atoms with E-state index in [9.17, 15) is 9.18 Å². The minimum Gasteiger partial charge on any atom is -0.465 e. The van der Waals surface area contributed by atoms with Crippen molar-refractivity contribution in [3.05, 3.63) is 65.1 Å². The Balaban J connectivity index is 2.34. The predicted molar refractivity (Wildman–Crippen MR) is 90.7 cm³/mol. The highest BCUT2D eigenvalue weighted by Crippen LogP contribution is 2.25. The molecule has 0 radical (unpaired) electrons. The molecule has 2 aromatic carbocycles. The van der Waals surface area contributed by atoms with E-state index in [-0.39, 0.29) is 16.8 Å². The van der Waals surface area contributed by atoms with Crippen molar-refractivity contribution in [1.29, 1.82) is 15.8 Å². The zero-order chi connectivity index (χ0) is 19.1. The summed E-state index contributed by atoms with van der Waals surface area (Å²) in [6, 6.07) is 15.4. The van der Waals surface area contributed by atoms with Crippen molar-refractivity contribution >= 4 is 11.7 Å². The van der Waals surface area contributed by atoms with Gasteiger partial charge in [0.2, 0.25) is 0 Å². The summed E-state index contributed by atoms with van der Waals surface area (Å²) in [5, 5.41) is 29.4. The third kappa shape index (κ3) is 4.03. The van der Waals surface area contributed by atoms with E-state index in [1.165, 1.54) is 19.2 Å². The lowest BCUT2D eigenvalue weighted by atomic mass is 10.0. The quantitative estimate of drug-likeness (QED) is 0.670. The van der Waals surface area contributed by atoms with Gasteiger partial charge < -0.3 is 10.1 Å². The molecule has 0 amide bonds. The molecule has 0 aliphatic heterocycles. The molecule has 0 heterocycles. The normalized spacial score (nSPS) is 9.19. The Labute approximate surface area is 149 Å². The summed E-state index contributed by atoms with van der Waals surface area (Å²) in [6.07, 6.45) is 0. The highest BCUT2D eigenvalue weighted by Gasteiger charge is 2.11. The van der Waals surface area contributed by atoms with Gasteiger partial charge in [-0.1, -0.05) is 12.1 Å². The first-order chi connectivity index (χ1) is 12.5. The maximum absolute atomic E-state index is 13.8. The number of hydrogen-bond acceptors (Lipinski definition) is 6. The van der Waals surface area contributed by atoms with Crippen LogP contribution in [0.15, 0.2) is 53.7 Å². The Kier molecular flexibility index (Phi) is 5.67. The Morgan fingerprint density at radius 3 is 2.19 bits per heavy atom. The van der Waals surface area contributed by atoms with Crippen LogP contribution in [0.3, 0.4) is 0 Å². The average molecular weight is 346 g/mol. The number of benzene rings is 2. The molecule has 0 bridgehead atoms. The van der Waals surface area contributed by atoms with Crippen LogP contribution in [0.25, 0.3) is 11.1 Å². The molecule has 6 nitrogen and oxygen atoms in total. The number of hydrogen-bond donors (Lipinski definition) is 1. The second-order valence-electron chi connectivity index (χ2n) is 5.01. The van der Waals surface area contributed by atoms with E-state index < -0.39 is 11.8 Å². The molecular formula is C19H11FN4O2. The molecule has 26 heavy (non-hydrogen) atoms. The summed E-state index contributed by atoms with van der Waals surface area (Å²) < 4.78 is 18.3. The van der Waals surface area contributed by atoms with Gasteiger partial charge in [0, 0.05) is 5.69 Å². The molecule has 0 saturated carbocycles. The molecule has 7 heteroatoms. The minimum absolute atomic E-state index is 0.0899. The largest absolute Gasteiger partial charge is 0.465 e. The number of ether oxygens (including phenoxy) is 1. The predicted octanol–water partition coefficient (Wildman–Crippen LogP) is 3.52. The third-order valence-corrected chi connectivity index (χ3v) is 3.39. The molecule has 0 aliphatic carbocycles. The number of halogens is 1. The lowest BCUT2D eigenvalue weighted by Gasteiger charge is -2.08. The van der Waals surface area contributed by atoms with Gasteiger partial charge >= 0.3 is 5.97 Å². The van der Waals surface area contributed by atoms with Gasteiger partial charge in [-0.15, -0.1) is 0 Å². The number of carbonyl (C=O) groups excluding carboxylic acids is 1. The van der Waals surface area contributed by atoms with E-state index in [4.69, 9.17) is 15.8 Å². The molecule has 2 aromatic rings. The van der Waals surface area contributed by atoms with Crippen LogP contribution in [-0.4, -0.2) is 13.1 Å². The van der Waals surface area contributed by atoms with E-state index >= 15 is 0 Å². The van der Waals surface area contributed by atoms with Gasteiger partial charge in [-0.2, -0.15) is 15.8 Å². The first-order valence-electron chi connectivity index (χ1n) is 7.23. The number of nitrogens with zero attached hydrogens (tertiary/aromatic N) is 3. The number of rotatable bonds is 4. The Morgan fingerprint density at radius 2 is 1.65 bits per heavy atom. The second-order valence-corrected chi connectivity index (χ2v) is 5.01.